The van der Waals surface area contributed by atoms with Crippen LogP contribution < -0.4 is 4.74 Å². The van der Waals surface area contributed by atoms with Crippen LogP contribution in [0.3, 0.4) is 0 Å². The number of allylic oxidation sites excluding steroid dienone is 3. The van der Waals surface area contributed by atoms with Crippen molar-refractivity contribution in [2.45, 2.75) is 51.9 Å². The van der Waals surface area contributed by atoms with Gasteiger partial charge in [-0.05, 0) is 91.5 Å². The number of halogens is 2. The first-order valence-electron chi connectivity index (χ1n) is 11.7. The lowest BCUT2D eigenvalue weighted by Crippen LogP contribution is -2.11. The van der Waals surface area contributed by atoms with Crippen LogP contribution >= 0.6 is 0 Å². The quantitative estimate of drug-likeness (QED) is 0.292. The van der Waals surface area contributed by atoms with E-state index in [1.807, 2.05) is 25.1 Å². The fraction of sp³-hybridized carbons (Fsp3) is 0.429. The largest absolute Gasteiger partial charge is 0.490 e. The second-order valence-corrected chi connectivity index (χ2v) is 8.89. The molecular formula is C28H32F2O. The third kappa shape index (κ3) is 4.46. The molecule has 164 valence electrons. The fourth-order valence-electron chi connectivity index (χ4n) is 5.44. The zero-order chi connectivity index (χ0) is 21.8. The van der Waals surface area contributed by atoms with Crippen LogP contribution in [-0.2, 0) is 0 Å². The van der Waals surface area contributed by atoms with Gasteiger partial charge < -0.3 is 4.74 Å². The standard InChI is InChI=1S/C28H32F2O/c1-3-5-6-7-19-12-13-25-22(19)14-15-23(25)20-8-10-21(11-9-20)24-16-17-26(31-18-4-2)28(30)27(24)29/h3,8-11,15-17,19,22,25H,1,4-7,12-14,18H2,2H3. The molecule has 0 saturated heterocycles. The number of unbranched alkanes of at least 4 members (excludes halogenated alkanes) is 1. The molecular weight excluding hydrogens is 390 g/mol. The first kappa shape index (κ1) is 21.8. The van der Waals surface area contributed by atoms with Gasteiger partial charge in [0, 0.05) is 5.56 Å². The highest BCUT2D eigenvalue weighted by Gasteiger charge is 2.40. The highest BCUT2D eigenvalue weighted by Crippen LogP contribution is 2.52. The molecule has 4 rings (SSSR count). The molecule has 2 aromatic carbocycles. The number of rotatable bonds is 9. The van der Waals surface area contributed by atoms with E-state index < -0.39 is 11.6 Å². The van der Waals surface area contributed by atoms with Gasteiger partial charge in [-0.1, -0.05) is 43.3 Å². The van der Waals surface area contributed by atoms with Gasteiger partial charge in [-0.15, -0.1) is 6.58 Å². The molecule has 31 heavy (non-hydrogen) atoms. The molecule has 2 aliphatic rings. The lowest BCUT2D eigenvalue weighted by atomic mass is 9.84. The predicted octanol–water partition coefficient (Wildman–Crippen LogP) is 8.21. The average molecular weight is 423 g/mol. The minimum absolute atomic E-state index is 0.0225. The van der Waals surface area contributed by atoms with Gasteiger partial charge in [0.25, 0.3) is 0 Å². The van der Waals surface area contributed by atoms with Crippen molar-refractivity contribution in [1.82, 2.24) is 0 Å². The molecule has 1 fully saturated rings. The van der Waals surface area contributed by atoms with Crippen LogP contribution in [-0.4, -0.2) is 6.61 Å². The Kier molecular flexibility index (Phi) is 6.89. The predicted molar refractivity (Wildman–Crippen MR) is 124 cm³/mol. The molecule has 3 heteroatoms. The van der Waals surface area contributed by atoms with Crippen LogP contribution in [0.2, 0.25) is 0 Å². The van der Waals surface area contributed by atoms with E-state index >= 15 is 0 Å². The third-order valence-electron chi connectivity index (χ3n) is 7.00. The van der Waals surface area contributed by atoms with Crippen molar-refractivity contribution >= 4 is 5.57 Å². The minimum Gasteiger partial charge on any atom is -0.490 e. The van der Waals surface area contributed by atoms with Gasteiger partial charge in [0.1, 0.15) is 0 Å². The topological polar surface area (TPSA) is 9.23 Å². The molecule has 2 aliphatic carbocycles. The Labute approximate surface area is 184 Å². The van der Waals surface area contributed by atoms with Crippen molar-refractivity contribution in [2.75, 3.05) is 6.61 Å². The molecule has 0 aliphatic heterocycles. The van der Waals surface area contributed by atoms with Crippen molar-refractivity contribution in [2.24, 2.45) is 17.8 Å². The van der Waals surface area contributed by atoms with Crippen molar-refractivity contribution in [3.05, 3.63) is 72.3 Å². The zero-order valence-electron chi connectivity index (χ0n) is 18.4. The minimum atomic E-state index is -0.912. The first-order chi connectivity index (χ1) is 15.1. The summed E-state index contributed by atoms with van der Waals surface area (Å²) in [5, 5.41) is 0. The number of benzene rings is 2. The van der Waals surface area contributed by atoms with Crippen LogP contribution in [0.15, 0.2) is 55.1 Å². The van der Waals surface area contributed by atoms with E-state index in [0.29, 0.717) is 18.1 Å². The third-order valence-corrected chi connectivity index (χ3v) is 7.00. The lowest BCUT2D eigenvalue weighted by molar-refractivity contribution is 0.295. The van der Waals surface area contributed by atoms with Gasteiger partial charge >= 0.3 is 0 Å². The second kappa shape index (κ2) is 9.80. The van der Waals surface area contributed by atoms with E-state index in [1.54, 1.807) is 6.07 Å². The molecule has 1 saturated carbocycles. The summed E-state index contributed by atoms with van der Waals surface area (Å²) in [6.45, 7) is 6.14. The van der Waals surface area contributed by atoms with Crippen molar-refractivity contribution in [1.29, 1.82) is 0 Å². The number of fused-ring (bicyclic) bond motifs is 1. The molecule has 0 aromatic heterocycles. The number of ether oxygens (including phenoxy) is 1. The van der Waals surface area contributed by atoms with Gasteiger partial charge in [-0.3, -0.25) is 0 Å². The molecule has 0 heterocycles. The molecule has 0 radical (unpaired) electrons. The van der Waals surface area contributed by atoms with Crippen molar-refractivity contribution in [3.63, 3.8) is 0 Å². The molecule has 2 aromatic rings. The SMILES string of the molecule is C=CCCCC1CCC2C(c3ccc(-c4ccc(OCCC)c(F)c4F)cc3)=CCC12. The van der Waals surface area contributed by atoms with Crippen LogP contribution in [0.5, 0.6) is 5.75 Å². The van der Waals surface area contributed by atoms with Crippen LogP contribution in [0.25, 0.3) is 16.7 Å². The van der Waals surface area contributed by atoms with Crippen LogP contribution in [0, 0.1) is 29.4 Å². The second-order valence-electron chi connectivity index (χ2n) is 8.89. The smallest absolute Gasteiger partial charge is 0.201 e. The van der Waals surface area contributed by atoms with Gasteiger partial charge in [-0.2, -0.15) is 4.39 Å². The fourth-order valence-corrected chi connectivity index (χ4v) is 5.44. The summed E-state index contributed by atoms with van der Waals surface area (Å²) in [7, 11) is 0. The van der Waals surface area contributed by atoms with E-state index in [4.69, 9.17) is 4.74 Å². The highest BCUT2D eigenvalue weighted by atomic mass is 19.2. The summed E-state index contributed by atoms with van der Waals surface area (Å²) in [4.78, 5) is 0. The summed E-state index contributed by atoms with van der Waals surface area (Å²) in [5.41, 5.74) is 3.62. The van der Waals surface area contributed by atoms with E-state index in [9.17, 15) is 8.78 Å². The van der Waals surface area contributed by atoms with E-state index in [1.165, 1.54) is 49.3 Å². The van der Waals surface area contributed by atoms with Gasteiger partial charge in [0.15, 0.2) is 11.6 Å². The molecule has 0 N–H and O–H groups in total. The molecule has 3 atom stereocenters. The summed E-state index contributed by atoms with van der Waals surface area (Å²) in [5.74, 6) is 0.448. The number of hydrogen-bond donors (Lipinski definition) is 0. The maximum absolute atomic E-state index is 14.7. The summed E-state index contributed by atoms with van der Waals surface area (Å²) >= 11 is 0. The summed E-state index contributed by atoms with van der Waals surface area (Å²) < 4.78 is 34.3. The van der Waals surface area contributed by atoms with Crippen molar-refractivity contribution in [3.8, 4) is 16.9 Å². The Bertz CT molecular complexity index is 944. The van der Waals surface area contributed by atoms with Crippen molar-refractivity contribution < 1.29 is 13.5 Å². The van der Waals surface area contributed by atoms with Crippen LogP contribution in [0.4, 0.5) is 8.78 Å². The number of hydrogen-bond acceptors (Lipinski definition) is 1. The monoisotopic (exact) mass is 422 g/mol. The maximum atomic E-state index is 14.7. The molecule has 3 unspecified atom stereocenters. The van der Waals surface area contributed by atoms with Crippen LogP contribution in [0.1, 0.15) is 57.4 Å². The zero-order valence-corrected chi connectivity index (χ0v) is 18.4. The Morgan fingerprint density at radius 1 is 1.03 bits per heavy atom. The molecule has 1 nitrogen and oxygen atoms in total. The Hall–Kier alpha value is -2.42. The Balaban J connectivity index is 1.47. The first-order valence-corrected chi connectivity index (χ1v) is 11.7. The average Bonchev–Trinajstić information content (AvgIpc) is 3.38. The summed E-state index contributed by atoms with van der Waals surface area (Å²) in [6.07, 6.45) is 12.6. The maximum Gasteiger partial charge on any atom is 0.201 e. The lowest BCUT2D eigenvalue weighted by Gasteiger charge is -2.20. The van der Waals surface area contributed by atoms with Gasteiger partial charge in [-0.25, -0.2) is 4.39 Å². The molecule has 0 spiro atoms. The van der Waals surface area contributed by atoms with E-state index in [-0.39, 0.29) is 11.3 Å². The van der Waals surface area contributed by atoms with Gasteiger partial charge in [0.05, 0.1) is 6.61 Å². The summed E-state index contributed by atoms with van der Waals surface area (Å²) in [6, 6.07) is 11.1. The molecule has 0 amide bonds. The normalized spacial score (nSPS) is 22.3. The Morgan fingerprint density at radius 2 is 1.81 bits per heavy atom. The van der Waals surface area contributed by atoms with E-state index in [0.717, 1.165) is 24.7 Å². The Morgan fingerprint density at radius 3 is 2.55 bits per heavy atom. The van der Waals surface area contributed by atoms with E-state index in [2.05, 4.69) is 24.8 Å². The highest BCUT2D eigenvalue weighted by molar-refractivity contribution is 5.73. The molecule has 0 bridgehead atoms. The van der Waals surface area contributed by atoms with Gasteiger partial charge in [0.2, 0.25) is 5.82 Å².